The molecule has 0 saturated carbocycles. The maximum Gasteiger partial charge on any atom is 0.434 e. The van der Waals surface area contributed by atoms with E-state index in [9.17, 15) is 23.2 Å². The van der Waals surface area contributed by atoms with Crippen molar-refractivity contribution in [3.63, 3.8) is 0 Å². The van der Waals surface area contributed by atoms with Crippen LogP contribution in [0.3, 0.4) is 0 Å². The number of pyridine rings is 2. The van der Waals surface area contributed by atoms with Gasteiger partial charge >= 0.3 is 6.18 Å². The summed E-state index contributed by atoms with van der Waals surface area (Å²) in [6.07, 6.45) is -0.186. The first-order chi connectivity index (χ1) is 16.8. The first-order valence-electron chi connectivity index (χ1n) is 9.82. The SMILES string of the molecule is Cc1nc2cccc(-n3ncc(C(=O)Nc4cnc(-n5nccn5)c(C#N)c4)c3C(F)(F)F)n2n1. The number of alkyl halides is 3. The first kappa shape index (κ1) is 21.7. The molecule has 0 unspecified atom stereocenters. The number of fused-ring (bicyclic) bond motifs is 1. The fraction of sp³-hybridized carbons (Fsp3) is 0.100. The highest BCUT2D eigenvalue weighted by Gasteiger charge is 2.41. The summed E-state index contributed by atoms with van der Waals surface area (Å²) in [6.45, 7) is 1.60. The number of rotatable bonds is 4. The first-order valence-corrected chi connectivity index (χ1v) is 9.82. The average Bonchev–Trinajstić information content (AvgIpc) is 3.56. The molecule has 5 aromatic rings. The van der Waals surface area contributed by atoms with Crippen molar-refractivity contribution in [1.29, 1.82) is 5.26 Å². The minimum Gasteiger partial charge on any atom is -0.320 e. The average molecular weight is 479 g/mol. The lowest BCUT2D eigenvalue weighted by atomic mass is 10.2. The predicted octanol–water partition coefficient (Wildman–Crippen LogP) is 2.34. The minimum atomic E-state index is -4.94. The summed E-state index contributed by atoms with van der Waals surface area (Å²) >= 11 is 0. The van der Waals surface area contributed by atoms with Crippen LogP contribution in [-0.2, 0) is 6.18 Å². The molecule has 174 valence electrons. The number of carbonyl (C=O) groups excluding carboxylic acids is 1. The van der Waals surface area contributed by atoms with Crippen LogP contribution in [0.5, 0.6) is 0 Å². The lowest BCUT2D eigenvalue weighted by Crippen LogP contribution is -2.22. The number of aryl methyl sites for hydroxylation is 1. The van der Waals surface area contributed by atoms with Gasteiger partial charge in [0, 0.05) is 0 Å². The van der Waals surface area contributed by atoms with Crippen LogP contribution in [0.1, 0.15) is 27.4 Å². The number of anilines is 1. The summed E-state index contributed by atoms with van der Waals surface area (Å²) in [7, 11) is 0. The third-order valence-electron chi connectivity index (χ3n) is 4.80. The number of aromatic nitrogens is 9. The molecule has 5 rings (SSSR count). The van der Waals surface area contributed by atoms with Gasteiger partial charge in [0.15, 0.2) is 23.0 Å². The van der Waals surface area contributed by atoms with Crippen LogP contribution in [0.25, 0.3) is 17.3 Å². The van der Waals surface area contributed by atoms with Crippen molar-refractivity contribution in [2.24, 2.45) is 0 Å². The molecule has 0 aliphatic rings. The van der Waals surface area contributed by atoms with Crippen molar-refractivity contribution >= 4 is 17.2 Å². The van der Waals surface area contributed by atoms with Gasteiger partial charge in [-0.2, -0.15) is 38.2 Å². The molecule has 0 radical (unpaired) electrons. The molecule has 15 heteroatoms. The summed E-state index contributed by atoms with van der Waals surface area (Å²) in [5.41, 5.74) is -1.73. The van der Waals surface area contributed by atoms with Crippen molar-refractivity contribution in [2.45, 2.75) is 13.1 Å². The molecule has 0 spiro atoms. The van der Waals surface area contributed by atoms with Crippen LogP contribution in [-0.4, -0.2) is 50.3 Å². The lowest BCUT2D eigenvalue weighted by Gasteiger charge is -2.13. The summed E-state index contributed by atoms with van der Waals surface area (Å²) in [5, 5.41) is 27.4. The third kappa shape index (κ3) is 3.82. The summed E-state index contributed by atoms with van der Waals surface area (Å²) in [6, 6.07) is 7.60. The molecule has 1 N–H and O–H groups in total. The second-order valence-electron chi connectivity index (χ2n) is 7.11. The molecule has 0 bridgehead atoms. The maximum atomic E-state index is 14.1. The molecule has 5 heterocycles. The molecule has 0 aliphatic carbocycles. The Labute approximate surface area is 193 Å². The van der Waals surface area contributed by atoms with E-state index < -0.39 is 23.3 Å². The maximum absolute atomic E-state index is 14.1. The number of hydrogen-bond donors (Lipinski definition) is 1. The monoisotopic (exact) mass is 479 g/mol. The Morgan fingerprint density at radius 1 is 1.14 bits per heavy atom. The van der Waals surface area contributed by atoms with Crippen molar-refractivity contribution in [1.82, 2.24) is 44.4 Å². The smallest absolute Gasteiger partial charge is 0.320 e. The van der Waals surface area contributed by atoms with E-state index in [0.29, 0.717) is 16.2 Å². The molecule has 5 aromatic heterocycles. The number of hydrogen-bond acceptors (Lipinski definition) is 8. The Bertz CT molecular complexity index is 1610. The highest BCUT2D eigenvalue weighted by Crippen LogP contribution is 2.34. The molecule has 0 atom stereocenters. The van der Waals surface area contributed by atoms with E-state index >= 15 is 0 Å². The highest BCUT2D eigenvalue weighted by atomic mass is 19.4. The zero-order valence-corrected chi connectivity index (χ0v) is 17.6. The Kier molecular flexibility index (Phi) is 4.97. The number of halogens is 3. The normalized spacial score (nSPS) is 11.5. The second kappa shape index (κ2) is 8.02. The standard InChI is InChI=1S/C20H12F3N11O/c1-11-29-15-3-2-4-16(32(15)31-11)33-17(20(21,22)23)14(10-28-33)19(35)30-13-7-12(8-24)18(25-9-13)34-26-5-6-27-34/h2-7,9-10H,1H3,(H,30,35). The van der Waals surface area contributed by atoms with Gasteiger partial charge in [0.1, 0.15) is 17.5 Å². The zero-order chi connectivity index (χ0) is 24.7. The molecular formula is C20H12F3N11O. The van der Waals surface area contributed by atoms with Crippen molar-refractivity contribution < 1.29 is 18.0 Å². The topological polar surface area (TPSA) is 144 Å². The van der Waals surface area contributed by atoms with Gasteiger partial charge in [-0.25, -0.2) is 14.6 Å². The molecule has 12 nitrogen and oxygen atoms in total. The van der Waals surface area contributed by atoms with Gasteiger partial charge in [-0.05, 0) is 25.1 Å². The molecule has 1 amide bonds. The van der Waals surface area contributed by atoms with E-state index in [2.05, 4.69) is 35.7 Å². The Balaban J connectivity index is 1.54. The number of amides is 1. The molecule has 0 saturated heterocycles. The molecule has 35 heavy (non-hydrogen) atoms. The minimum absolute atomic E-state index is 0.000954. The second-order valence-corrected chi connectivity index (χ2v) is 7.11. The lowest BCUT2D eigenvalue weighted by molar-refractivity contribution is -0.143. The van der Waals surface area contributed by atoms with Crippen molar-refractivity contribution in [2.75, 3.05) is 5.32 Å². The van der Waals surface area contributed by atoms with Gasteiger partial charge in [0.2, 0.25) is 0 Å². The van der Waals surface area contributed by atoms with E-state index in [-0.39, 0.29) is 22.9 Å². The van der Waals surface area contributed by atoms with Crippen LogP contribution in [0.4, 0.5) is 18.9 Å². The van der Waals surface area contributed by atoms with E-state index in [1.165, 1.54) is 41.3 Å². The van der Waals surface area contributed by atoms with Crippen LogP contribution < -0.4 is 5.32 Å². The van der Waals surface area contributed by atoms with Gasteiger partial charge in [0.25, 0.3) is 5.91 Å². The van der Waals surface area contributed by atoms with Gasteiger partial charge in [0.05, 0.1) is 36.0 Å². The third-order valence-corrected chi connectivity index (χ3v) is 4.80. The molecule has 0 aromatic carbocycles. The van der Waals surface area contributed by atoms with Crippen LogP contribution in [0.15, 0.2) is 49.1 Å². The van der Waals surface area contributed by atoms with Gasteiger partial charge < -0.3 is 5.32 Å². The Hall–Kier alpha value is -5.13. The quantitative estimate of drug-likeness (QED) is 0.414. The van der Waals surface area contributed by atoms with E-state index in [1.807, 2.05) is 6.07 Å². The molecule has 0 fully saturated rings. The van der Waals surface area contributed by atoms with Crippen molar-refractivity contribution in [3.05, 3.63) is 71.7 Å². The Morgan fingerprint density at radius 2 is 1.91 bits per heavy atom. The van der Waals surface area contributed by atoms with Crippen LogP contribution in [0, 0.1) is 18.3 Å². The van der Waals surface area contributed by atoms with Crippen LogP contribution in [0.2, 0.25) is 0 Å². The van der Waals surface area contributed by atoms with Gasteiger partial charge in [-0.15, -0.1) is 9.90 Å². The summed E-state index contributed by atoms with van der Waals surface area (Å²) < 4.78 is 44.1. The zero-order valence-electron chi connectivity index (χ0n) is 17.6. The van der Waals surface area contributed by atoms with Gasteiger partial charge in [-0.3, -0.25) is 4.79 Å². The number of nitriles is 1. The predicted molar refractivity (Wildman–Crippen MR) is 112 cm³/mol. The molecular weight excluding hydrogens is 467 g/mol. The fourth-order valence-corrected chi connectivity index (χ4v) is 3.41. The highest BCUT2D eigenvalue weighted by molar-refractivity contribution is 6.05. The largest absolute Gasteiger partial charge is 0.434 e. The summed E-state index contributed by atoms with van der Waals surface area (Å²) in [4.78, 5) is 22.1. The molecule has 0 aliphatic heterocycles. The summed E-state index contributed by atoms with van der Waals surface area (Å²) in [5.74, 6) is -0.707. The van der Waals surface area contributed by atoms with Crippen molar-refractivity contribution in [3.8, 4) is 17.7 Å². The Morgan fingerprint density at radius 3 is 2.63 bits per heavy atom. The number of nitrogens with zero attached hydrogens (tertiary/aromatic N) is 10. The fourth-order valence-electron chi connectivity index (χ4n) is 3.41. The van der Waals surface area contributed by atoms with Gasteiger partial charge in [-0.1, -0.05) is 6.07 Å². The number of nitrogens with one attached hydrogen (secondary N) is 1. The van der Waals surface area contributed by atoms with E-state index in [4.69, 9.17) is 0 Å². The number of carbonyl (C=O) groups is 1. The van der Waals surface area contributed by atoms with E-state index in [1.54, 1.807) is 13.0 Å². The van der Waals surface area contributed by atoms with E-state index in [0.717, 1.165) is 11.0 Å². The van der Waals surface area contributed by atoms with Crippen LogP contribution >= 0.6 is 0 Å².